The summed E-state index contributed by atoms with van der Waals surface area (Å²) in [6.45, 7) is 1.74. The molecule has 0 N–H and O–H groups in total. The van der Waals surface area contributed by atoms with Crippen LogP contribution in [0.2, 0.25) is 0 Å². The van der Waals surface area contributed by atoms with E-state index in [-0.39, 0.29) is 5.82 Å². The van der Waals surface area contributed by atoms with Crippen molar-refractivity contribution in [2.45, 2.75) is 6.92 Å². The molecule has 3 nitrogen and oxygen atoms in total. The maximum atomic E-state index is 13.2. The highest BCUT2D eigenvalue weighted by Crippen LogP contribution is 2.20. The van der Waals surface area contributed by atoms with Crippen LogP contribution in [0.5, 0.6) is 0 Å². The highest BCUT2D eigenvalue weighted by atomic mass is 19.1. The number of para-hydroxylation sites is 1. The molecule has 0 saturated carbocycles. The molecule has 2 aromatic carbocycles. The first-order valence-electron chi connectivity index (χ1n) is 5.98. The van der Waals surface area contributed by atoms with Gasteiger partial charge in [-0.1, -0.05) is 23.4 Å². The first-order valence-corrected chi connectivity index (χ1v) is 5.98. The van der Waals surface area contributed by atoms with Gasteiger partial charge in [-0.15, -0.1) is 5.10 Å². The van der Waals surface area contributed by atoms with Crippen LogP contribution in [0.15, 0.2) is 54.7 Å². The second-order valence-electron chi connectivity index (χ2n) is 4.35. The zero-order valence-corrected chi connectivity index (χ0v) is 10.4. The van der Waals surface area contributed by atoms with E-state index in [4.69, 9.17) is 0 Å². The van der Waals surface area contributed by atoms with E-state index in [9.17, 15) is 4.39 Å². The van der Waals surface area contributed by atoms with Crippen molar-refractivity contribution in [3.8, 4) is 16.9 Å². The smallest absolute Gasteiger partial charge is 0.126 e. The lowest BCUT2D eigenvalue weighted by atomic mass is 10.1. The fourth-order valence-electron chi connectivity index (χ4n) is 1.91. The highest BCUT2D eigenvalue weighted by molar-refractivity contribution is 5.59. The molecule has 0 aliphatic heterocycles. The molecule has 0 amide bonds. The van der Waals surface area contributed by atoms with Crippen LogP contribution >= 0.6 is 0 Å². The van der Waals surface area contributed by atoms with Crippen molar-refractivity contribution in [2.75, 3.05) is 0 Å². The lowest BCUT2D eigenvalue weighted by molar-refractivity contribution is 0.619. The number of rotatable bonds is 2. The summed E-state index contributed by atoms with van der Waals surface area (Å²) in [6.07, 6.45) is 1.84. The molecule has 0 atom stereocenters. The van der Waals surface area contributed by atoms with Gasteiger partial charge in [-0.25, -0.2) is 9.07 Å². The lowest BCUT2D eigenvalue weighted by Gasteiger charge is -1.99. The van der Waals surface area contributed by atoms with Crippen molar-refractivity contribution in [3.63, 3.8) is 0 Å². The molecule has 0 aliphatic carbocycles. The minimum Gasteiger partial charge on any atom is -0.220 e. The molecule has 0 saturated heterocycles. The minimum atomic E-state index is -0.209. The SMILES string of the molecule is Cc1cc(-c2cn(-c3ccccc3)nn2)ccc1F. The molecular weight excluding hydrogens is 241 g/mol. The van der Waals surface area contributed by atoms with Gasteiger partial charge in [0, 0.05) is 5.56 Å². The van der Waals surface area contributed by atoms with Crippen LogP contribution < -0.4 is 0 Å². The molecule has 0 bridgehead atoms. The van der Waals surface area contributed by atoms with Crippen molar-refractivity contribution >= 4 is 0 Å². The predicted molar refractivity (Wildman–Crippen MR) is 71.5 cm³/mol. The van der Waals surface area contributed by atoms with Crippen LogP contribution in [0, 0.1) is 12.7 Å². The fraction of sp³-hybridized carbons (Fsp3) is 0.0667. The van der Waals surface area contributed by atoms with Crippen LogP contribution in [0.3, 0.4) is 0 Å². The average Bonchev–Trinajstić information content (AvgIpc) is 2.93. The molecule has 19 heavy (non-hydrogen) atoms. The zero-order valence-electron chi connectivity index (χ0n) is 10.4. The van der Waals surface area contributed by atoms with E-state index in [2.05, 4.69) is 10.3 Å². The summed E-state index contributed by atoms with van der Waals surface area (Å²) in [7, 11) is 0. The van der Waals surface area contributed by atoms with Crippen LogP contribution in [-0.2, 0) is 0 Å². The molecule has 1 aromatic heterocycles. The third-order valence-electron chi connectivity index (χ3n) is 2.97. The summed E-state index contributed by atoms with van der Waals surface area (Å²) in [5.41, 5.74) is 3.14. The molecular formula is C15H12FN3. The number of aryl methyl sites for hydroxylation is 1. The molecule has 0 aliphatic rings. The van der Waals surface area contributed by atoms with E-state index in [0.29, 0.717) is 5.56 Å². The zero-order chi connectivity index (χ0) is 13.2. The number of nitrogens with zero attached hydrogens (tertiary/aromatic N) is 3. The highest BCUT2D eigenvalue weighted by Gasteiger charge is 2.06. The largest absolute Gasteiger partial charge is 0.220 e. The van der Waals surface area contributed by atoms with Gasteiger partial charge in [-0.3, -0.25) is 0 Å². The number of halogens is 1. The molecule has 1 heterocycles. The first-order chi connectivity index (χ1) is 9.24. The summed E-state index contributed by atoms with van der Waals surface area (Å²) in [6, 6.07) is 14.7. The van der Waals surface area contributed by atoms with Gasteiger partial charge < -0.3 is 0 Å². The maximum absolute atomic E-state index is 13.2. The second-order valence-corrected chi connectivity index (χ2v) is 4.35. The minimum absolute atomic E-state index is 0.209. The number of hydrogen-bond donors (Lipinski definition) is 0. The van der Waals surface area contributed by atoms with Crippen molar-refractivity contribution in [2.24, 2.45) is 0 Å². The van der Waals surface area contributed by atoms with Gasteiger partial charge in [0.25, 0.3) is 0 Å². The Morgan fingerprint density at radius 1 is 1.05 bits per heavy atom. The summed E-state index contributed by atoms with van der Waals surface area (Å²) >= 11 is 0. The molecule has 4 heteroatoms. The van der Waals surface area contributed by atoms with Crippen LogP contribution in [0.4, 0.5) is 4.39 Å². The summed E-state index contributed by atoms with van der Waals surface area (Å²) in [5.74, 6) is -0.209. The summed E-state index contributed by atoms with van der Waals surface area (Å²) in [5, 5.41) is 8.21. The Kier molecular flexibility index (Phi) is 2.83. The van der Waals surface area contributed by atoms with Crippen molar-refractivity contribution in [1.82, 2.24) is 15.0 Å². The normalized spacial score (nSPS) is 10.6. The average molecular weight is 253 g/mol. The molecule has 0 fully saturated rings. The Labute approximate surface area is 110 Å². The van der Waals surface area contributed by atoms with E-state index in [1.807, 2.05) is 36.5 Å². The van der Waals surface area contributed by atoms with Crippen molar-refractivity contribution < 1.29 is 4.39 Å². The van der Waals surface area contributed by atoms with Crippen molar-refractivity contribution in [3.05, 3.63) is 66.1 Å². The van der Waals surface area contributed by atoms with Crippen molar-refractivity contribution in [1.29, 1.82) is 0 Å². The van der Waals surface area contributed by atoms with E-state index in [1.54, 1.807) is 23.7 Å². The van der Waals surface area contributed by atoms with E-state index in [0.717, 1.165) is 16.9 Å². The maximum Gasteiger partial charge on any atom is 0.126 e. The van der Waals surface area contributed by atoms with Crippen LogP contribution in [-0.4, -0.2) is 15.0 Å². The topological polar surface area (TPSA) is 30.7 Å². The summed E-state index contributed by atoms with van der Waals surface area (Å²) < 4.78 is 14.9. The van der Waals surface area contributed by atoms with Gasteiger partial charge in [0.15, 0.2) is 0 Å². The monoisotopic (exact) mass is 253 g/mol. The second kappa shape index (κ2) is 4.65. The Balaban J connectivity index is 1.99. The molecule has 3 rings (SSSR count). The molecule has 3 aromatic rings. The van der Waals surface area contributed by atoms with Gasteiger partial charge in [0.1, 0.15) is 11.5 Å². The van der Waals surface area contributed by atoms with E-state index in [1.165, 1.54) is 6.07 Å². The fourth-order valence-corrected chi connectivity index (χ4v) is 1.91. The molecule has 0 spiro atoms. The third-order valence-corrected chi connectivity index (χ3v) is 2.97. The van der Waals surface area contributed by atoms with Gasteiger partial charge >= 0.3 is 0 Å². The van der Waals surface area contributed by atoms with Gasteiger partial charge in [-0.2, -0.15) is 0 Å². The van der Waals surface area contributed by atoms with Gasteiger partial charge in [0.2, 0.25) is 0 Å². The van der Waals surface area contributed by atoms with E-state index >= 15 is 0 Å². The Bertz CT molecular complexity index is 704. The van der Waals surface area contributed by atoms with E-state index < -0.39 is 0 Å². The quantitative estimate of drug-likeness (QED) is 0.701. The first kappa shape index (κ1) is 11.6. The number of aromatic nitrogens is 3. The van der Waals surface area contributed by atoms with Gasteiger partial charge in [-0.05, 0) is 42.8 Å². The number of hydrogen-bond acceptors (Lipinski definition) is 2. The Hall–Kier alpha value is -2.49. The standard InChI is InChI=1S/C15H12FN3/c1-11-9-12(7-8-14(11)16)15-10-19(18-17-15)13-5-3-2-4-6-13/h2-10H,1H3. The summed E-state index contributed by atoms with van der Waals surface area (Å²) in [4.78, 5) is 0. The predicted octanol–water partition coefficient (Wildman–Crippen LogP) is 3.38. The Morgan fingerprint density at radius 3 is 2.58 bits per heavy atom. The number of benzene rings is 2. The lowest BCUT2D eigenvalue weighted by Crippen LogP contribution is -1.93. The molecule has 0 unspecified atom stereocenters. The van der Waals surface area contributed by atoms with Crippen LogP contribution in [0.1, 0.15) is 5.56 Å². The third kappa shape index (κ3) is 2.25. The van der Waals surface area contributed by atoms with Gasteiger partial charge in [0.05, 0.1) is 11.9 Å². The Morgan fingerprint density at radius 2 is 1.84 bits per heavy atom. The molecule has 94 valence electrons. The molecule has 0 radical (unpaired) electrons. The van der Waals surface area contributed by atoms with Crippen LogP contribution in [0.25, 0.3) is 16.9 Å².